The predicted molar refractivity (Wildman–Crippen MR) is 112 cm³/mol. The van der Waals surface area contributed by atoms with E-state index in [9.17, 15) is 4.79 Å². The summed E-state index contributed by atoms with van der Waals surface area (Å²) >= 11 is 0. The monoisotopic (exact) mass is 392 g/mol. The molecule has 3 aromatic rings. The van der Waals surface area contributed by atoms with E-state index in [-0.39, 0.29) is 11.9 Å². The summed E-state index contributed by atoms with van der Waals surface area (Å²) in [6.45, 7) is 6.46. The number of hydrogen-bond donors (Lipinski definition) is 0. The van der Waals surface area contributed by atoms with Gasteiger partial charge < -0.3 is 9.42 Å². The summed E-state index contributed by atoms with van der Waals surface area (Å²) in [4.78, 5) is 23.2. The first-order chi connectivity index (χ1) is 14.1. The fourth-order valence-corrected chi connectivity index (χ4v) is 3.12. The van der Waals surface area contributed by atoms with E-state index in [1.54, 1.807) is 17.3 Å². The summed E-state index contributed by atoms with van der Waals surface area (Å²) in [5.74, 6) is 0.940. The van der Waals surface area contributed by atoms with Crippen molar-refractivity contribution in [3.05, 3.63) is 65.8 Å². The van der Waals surface area contributed by atoms with E-state index >= 15 is 0 Å². The molecular weight excluding hydrogens is 364 g/mol. The number of nitrogens with zero attached hydrogens (tertiary/aromatic N) is 4. The molecule has 6 heteroatoms. The van der Waals surface area contributed by atoms with Gasteiger partial charge in [0.2, 0.25) is 17.6 Å². The largest absolute Gasteiger partial charge is 0.337 e. The molecule has 0 radical (unpaired) electrons. The molecule has 2 aromatic heterocycles. The number of pyridine rings is 1. The van der Waals surface area contributed by atoms with Crippen LogP contribution in [-0.4, -0.2) is 32.0 Å². The highest BCUT2D eigenvalue weighted by atomic mass is 16.5. The molecule has 152 valence electrons. The Morgan fingerprint density at radius 2 is 1.90 bits per heavy atom. The average molecular weight is 393 g/mol. The van der Waals surface area contributed by atoms with Crippen molar-refractivity contribution in [1.82, 2.24) is 20.0 Å². The second kappa shape index (κ2) is 9.96. The van der Waals surface area contributed by atoms with Crippen LogP contribution in [0.2, 0.25) is 0 Å². The van der Waals surface area contributed by atoms with Crippen LogP contribution < -0.4 is 0 Å². The Balaban J connectivity index is 1.65. The maximum absolute atomic E-state index is 12.9. The quantitative estimate of drug-likeness (QED) is 0.538. The van der Waals surface area contributed by atoms with E-state index in [0.717, 1.165) is 17.5 Å². The second-order valence-corrected chi connectivity index (χ2v) is 7.47. The van der Waals surface area contributed by atoms with Crippen LogP contribution in [0.3, 0.4) is 0 Å². The Morgan fingerprint density at radius 3 is 2.55 bits per heavy atom. The highest BCUT2D eigenvalue weighted by molar-refractivity contribution is 5.79. The minimum absolute atomic E-state index is 0.0278. The summed E-state index contributed by atoms with van der Waals surface area (Å²) in [7, 11) is 0. The maximum Gasteiger partial charge on any atom is 0.246 e. The third kappa shape index (κ3) is 5.73. The molecule has 0 aliphatic carbocycles. The first-order valence-electron chi connectivity index (χ1n) is 10.2. The maximum atomic E-state index is 12.9. The number of rotatable bonds is 9. The van der Waals surface area contributed by atoms with E-state index in [0.29, 0.717) is 24.7 Å². The molecule has 0 spiro atoms. The Morgan fingerprint density at radius 1 is 1.14 bits per heavy atom. The van der Waals surface area contributed by atoms with Gasteiger partial charge in [0, 0.05) is 24.0 Å². The number of benzene rings is 1. The first kappa shape index (κ1) is 20.7. The molecule has 0 bridgehead atoms. The fourth-order valence-electron chi connectivity index (χ4n) is 3.12. The zero-order valence-corrected chi connectivity index (χ0v) is 17.3. The summed E-state index contributed by atoms with van der Waals surface area (Å²) in [5, 5.41) is 4.01. The molecule has 0 atom stereocenters. The zero-order chi connectivity index (χ0) is 20.6. The number of unbranched alkanes of at least 4 members (excludes halogenated alkanes) is 1. The van der Waals surface area contributed by atoms with Gasteiger partial charge in [0.1, 0.15) is 6.54 Å². The zero-order valence-electron chi connectivity index (χ0n) is 17.3. The average Bonchev–Trinajstić information content (AvgIpc) is 3.20. The summed E-state index contributed by atoms with van der Waals surface area (Å²) < 4.78 is 5.37. The van der Waals surface area contributed by atoms with Crippen LogP contribution in [0.5, 0.6) is 0 Å². The molecule has 0 N–H and O–H groups in total. The van der Waals surface area contributed by atoms with Gasteiger partial charge in [-0.3, -0.25) is 9.78 Å². The molecule has 3 rings (SSSR count). The van der Waals surface area contributed by atoms with Gasteiger partial charge in [-0.2, -0.15) is 4.98 Å². The van der Waals surface area contributed by atoms with Crippen LogP contribution in [0.15, 0.2) is 53.3 Å². The minimum Gasteiger partial charge on any atom is -0.337 e. The third-order valence-electron chi connectivity index (χ3n) is 4.83. The van der Waals surface area contributed by atoms with Crippen LogP contribution in [0.25, 0.3) is 11.4 Å². The van der Waals surface area contributed by atoms with Crippen LogP contribution in [0.1, 0.15) is 50.6 Å². The Hall–Kier alpha value is -3.02. The van der Waals surface area contributed by atoms with Crippen LogP contribution in [0.4, 0.5) is 0 Å². The molecule has 1 amide bonds. The number of carbonyl (C=O) groups is 1. The van der Waals surface area contributed by atoms with Crippen molar-refractivity contribution in [1.29, 1.82) is 0 Å². The lowest BCUT2D eigenvalue weighted by Crippen LogP contribution is -2.37. The number of carbonyl (C=O) groups excluding carboxylic acids is 1. The molecule has 29 heavy (non-hydrogen) atoms. The van der Waals surface area contributed by atoms with E-state index in [2.05, 4.69) is 46.3 Å². The van der Waals surface area contributed by atoms with Gasteiger partial charge in [-0.05, 0) is 49.9 Å². The highest BCUT2D eigenvalue weighted by Crippen LogP contribution is 2.17. The smallest absolute Gasteiger partial charge is 0.246 e. The van der Waals surface area contributed by atoms with Crippen LogP contribution in [-0.2, 0) is 24.2 Å². The molecule has 6 nitrogen and oxygen atoms in total. The van der Waals surface area contributed by atoms with Gasteiger partial charge in [0.15, 0.2) is 0 Å². The SMILES string of the molecule is CCCCc1ccc(CC(=O)N(Cc2nc(-c3cccnc3)no2)C(C)C)cc1. The second-order valence-electron chi connectivity index (χ2n) is 7.47. The Bertz CT molecular complexity index is 904. The number of aryl methyl sites for hydroxylation is 1. The summed E-state index contributed by atoms with van der Waals surface area (Å²) in [6, 6.07) is 12.1. The molecule has 1 aromatic carbocycles. The van der Waals surface area contributed by atoms with Gasteiger partial charge in [0.05, 0.1) is 6.42 Å². The van der Waals surface area contributed by atoms with Gasteiger partial charge in [-0.25, -0.2) is 0 Å². The molecule has 0 aliphatic heterocycles. The van der Waals surface area contributed by atoms with Crippen molar-refractivity contribution in [2.45, 2.75) is 59.0 Å². The summed E-state index contributed by atoms with van der Waals surface area (Å²) in [6.07, 6.45) is 7.19. The molecular formula is C23H28N4O2. The molecule has 0 fully saturated rings. The van der Waals surface area contributed by atoms with Crippen LogP contribution >= 0.6 is 0 Å². The molecule has 0 aliphatic rings. The van der Waals surface area contributed by atoms with Crippen molar-refractivity contribution in [3.63, 3.8) is 0 Å². The normalized spacial score (nSPS) is 11.0. The van der Waals surface area contributed by atoms with Crippen molar-refractivity contribution in [3.8, 4) is 11.4 Å². The molecule has 0 saturated carbocycles. The Labute approximate surface area is 172 Å². The van der Waals surface area contributed by atoms with Gasteiger partial charge in [0.25, 0.3) is 0 Å². The van der Waals surface area contributed by atoms with Gasteiger partial charge in [-0.15, -0.1) is 0 Å². The first-order valence-corrected chi connectivity index (χ1v) is 10.2. The number of amides is 1. The minimum atomic E-state index is 0.0278. The molecule has 2 heterocycles. The predicted octanol–water partition coefficient (Wildman–Crippen LogP) is 4.45. The highest BCUT2D eigenvalue weighted by Gasteiger charge is 2.21. The van der Waals surface area contributed by atoms with Crippen molar-refractivity contribution in [2.24, 2.45) is 0 Å². The lowest BCUT2D eigenvalue weighted by atomic mass is 10.0. The molecule has 0 saturated heterocycles. The number of aromatic nitrogens is 3. The fraction of sp³-hybridized carbons (Fsp3) is 0.391. The van der Waals surface area contributed by atoms with Gasteiger partial charge in [-0.1, -0.05) is 42.8 Å². The third-order valence-corrected chi connectivity index (χ3v) is 4.83. The van der Waals surface area contributed by atoms with Crippen molar-refractivity contribution in [2.75, 3.05) is 0 Å². The van der Waals surface area contributed by atoms with E-state index in [4.69, 9.17) is 4.52 Å². The number of hydrogen-bond acceptors (Lipinski definition) is 5. The van der Waals surface area contributed by atoms with Crippen molar-refractivity contribution < 1.29 is 9.32 Å². The molecule has 0 unspecified atom stereocenters. The van der Waals surface area contributed by atoms with Gasteiger partial charge >= 0.3 is 0 Å². The van der Waals surface area contributed by atoms with E-state index in [1.807, 2.05) is 26.0 Å². The topological polar surface area (TPSA) is 72.1 Å². The van der Waals surface area contributed by atoms with E-state index in [1.165, 1.54) is 18.4 Å². The van der Waals surface area contributed by atoms with Crippen LogP contribution in [0, 0.1) is 0 Å². The Kier molecular flexibility index (Phi) is 7.11. The lowest BCUT2D eigenvalue weighted by molar-refractivity contribution is -0.133. The lowest BCUT2D eigenvalue weighted by Gasteiger charge is -2.25. The van der Waals surface area contributed by atoms with Crippen molar-refractivity contribution >= 4 is 5.91 Å². The standard InChI is InChI=1S/C23H28N4O2/c1-4-5-7-18-9-11-19(12-10-18)14-22(28)27(17(2)3)16-21-25-23(26-29-21)20-8-6-13-24-15-20/h6,8-13,15,17H,4-5,7,14,16H2,1-3H3. The summed E-state index contributed by atoms with van der Waals surface area (Å²) in [5.41, 5.74) is 3.12. The van der Waals surface area contributed by atoms with E-state index < -0.39 is 0 Å².